The first-order chi connectivity index (χ1) is 2.73. The fourth-order valence-corrected chi connectivity index (χ4v) is 0. The monoisotopic (exact) mass is 134 g/mol. The van der Waals surface area contributed by atoms with E-state index in [4.69, 9.17) is 20.1 Å². The van der Waals surface area contributed by atoms with Gasteiger partial charge in [-0.1, -0.05) is 0 Å². The van der Waals surface area contributed by atoms with Crippen LogP contribution in [0.3, 0.4) is 0 Å². The molecule has 3 N–H and O–H groups in total. The molecule has 0 heterocycles. The van der Waals surface area contributed by atoms with Gasteiger partial charge in [0, 0.05) is 7.11 Å². The van der Waals surface area contributed by atoms with Crippen molar-refractivity contribution in [3.8, 4) is 0 Å². The van der Waals surface area contributed by atoms with Gasteiger partial charge >= 0.3 is 57.5 Å². The number of carboxylic acid groups (broad SMARTS) is 2. The van der Waals surface area contributed by atoms with Gasteiger partial charge in [0.25, 0.3) is 0 Å². The Bertz CT molecular complexity index is 37.0. The van der Waals surface area contributed by atoms with Crippen molar-refractivity contribution in [2.24, 2.45) is 0 Å². The first-order valence-corrected chi connectivity index (χ1v) is 1.10. The first kappa shape index (κ1) is 15.7. The van der Waals surface area contributed by atoms with Gasteiger partial charge in [0.1, 0.15) is 0 Å². The van der Waals surface area contributed by atoms with E-state index in [-0.39, 0.29) is 52.8 Å². The summed E-state index contributed by atoms with van der Waals surface area (Å²) >= 11 is 0. The molecule has 0 aliphatic rings. The van der Waals surface area contributed by atoms with Crippen LogP contribution in [0.15, 0.2) is 0 Å². The molecule has 40 valence electrons. The molecule has 0 atom stereocenters. The topological polar surface area (TPSA) is 77.8 Å². The van der Waals surface area contributed by atoms with Crippen LogP contribution in [0.25, 0.3) is 0 Å². The van der Waals surface area contributed by atoms with Gasteiger partial charge in [-0.15, -0.1) is 0 Å². The molecule has 0 rings (SSSR count). The van der Waals surface area contributed by atoms with Crippen LogP contribution in [0.4, 0.5) is 4.79 Å². The number of aliphatic hydroxyl groups excluding tert-OH is 1. The molecule has 5 heteroatoms. The fraction of sp³-hybridized carbons (Fsp3) is 0.500. The molecule has 0 spiro atoms. The van der Waals surface area contributed by atoms with Crippen LogP contribution in [-0.4, -0.2) is 28.6 Å². The second kappa shape index (κ2) is 15.8. The second-order valence-electron chi connectivity index (χ2n) is 0.283. The Morgan fingerprint density at radius 1 is 1.43 bits per heavy atom. The standard InChI is InChI=1S/CH2O3.CH4O.K.H/c2-1(3)4;1-2;;/h(H2,2,3,4);2H,1H3;;/q;;+1;-1. The van der Waals surface area contributed by atoms with Gasteiger partial charge in [-0.25, -0.2) is 4.79 Å². The van der Waals surface area contributed by atoms with Crippen LogP contribution in [0.1, 0.15) is 1.43 Å². The molecule has 4 nitrogen and oxygen atoms in total. The van der Waals surface area contributed by atoms with Crippen LogP contribution in [0.5, 0.6) is 0 Å². The van der Waals surface area contributed by atoms with Gasteiger partial charge in [-0.05, 0) is 0 Å². The molecule has 7 heavy (non-hydrogen) atoms. The van der Waals surface area contributed by atoms with Crippen LogP contribution in [0.2, 0.25) is 0 Å². The first-order valence-electron chi connectivity index (χ1n) is 1.10. The largest absolute Gasteiger partial charge is 1.00 e. The van der Waals surface area contributed by atoms with Crippen molar-refractivity contribution in [1.29, 1.82) is 0 Å². The van der Waals surface area contributed by atoms with Crippen LogP contribution in [-0.2, 0) is 0 Å². The van der Waals surface area contributed by atoms with E-state index < -0.39 is 6.16 Å². The predicted molar refractivity (Wildman–Crippen MR) is 19.9 cm³/mol. The molecule has 0 aliphatic carbocycles. The third-order valence-corrected chi connectivity index (χ3v) is 0. The SMILES string of the molecule is CO.O=C(O)O.[H-].[K+]. The minimum Gasteiger partial charge on any atom is -1.00 e. The Balaban J connectivity index is -0.0000000183. The number of rotatable bonds is 0. The molecule has 0 saturated carbocycles. The maximum Gasteiger partial charge on any atom is 1.00 e. The van der Waals surface area contributed by atoms with E-state index >= 15 is 0 Å². The zero-order chi connectivity index (χ0) is 5.58. The Morgan fingerprint density at radius 3 is 1.43 bits per heavy atom. The van der Waals surface area contributed by atoms with Gasteiger partial charge in [-0.2, -0.15) is 0 Å². The molecule has 0 saturated heterocycles. The molecule has 0 fully saturated rings. The Morgan fingerprint density at radius 2 is 1.43 bits per heavy atom. The molecule has 0 aromatic carbocycles. The summed E-state index contributed by atoms with van der Waals surface area (Å²) < 4.78 is 0. The van der Waals surface area contributed by atoms with E-state index in [0.29, 0.717) is 0 Å². The molecule has 0 amide bonds. The number of aliphatic hydroxyl groups is 1. The van der Waals surface area contributed by atoms with Crippen molar-refractivity contribution in [3.63, 3.8) is 0 Å². The van der Waals surface area contributed by atoms with Crippen molar-refractivity contribution in [2.45, 2.75) is 0 Å². The van der Waals surface area contributed by atoms with E-state index in [2.05, 4.69) is 0 Å². The molecule has 0 radical (unpaired) electrons. The third kappa shape index (κ3) is 217. The van der Waals surface area contributed by atoms with Crippen molar-refractivity contribution >= 4 is 6.16 Å². The Kier molecular flexibility index (Phi) is 35.4. The number of hydrogen-bond donors (Lipinski definition) is 3. The average Bonchev–Trinajstić information content (AvgIpc) is 1.41. The predicted octanol–water partition coefficient (Wildman–Crippen LogP) is -3.05. The van der Waals surface area contributed by atoms with Crippen LogP contribution in [0, 0.1) is 0 Å². The van der Waals surface area contributed by atoms with Crippen molar-refractivity contribution in [3.05, 3.63) is 0 Å². The summed E-state index contributed by atoms with van der Waals surface area (Å²) in [5, 5.41) is 20.9. The summed E-state index contributed by atoms with van der Waals surface area (Å²) in [4.78, 5) is 8.56. The zero-order valence-electron chi connectivity index (χ0n) is 5.25. The van der Waals surface area contributed by atoms with E-state index in [1.807, 2.05) is 0 Å². The normalized spacial score (nSPS) is 4.29. The Hall–Kier alpha value is 0.866. The van der Waals surface area contributed by atoms with Gasteiger partial charge in [0.2, 0.25) is 0 Å². The minimum atomic E-state index is -1.83. The smallest absolute Gasteiger partial charge is 1.00 e. The van der Waals surface area contributed by atoms with Gasteiger partial charge in [0.05, 0.1) is 0 Å². The maximum absolute atomic E-state index is 8.56. The molecule has 0 aliphatic heterocycles. The average molecular weight is 134 g/mol. The number of hydrogen-bond acceptors (Lipinski definition) is 2. The maximum atomic E-state index is 8.56. The minimum absolute atomic E-state index is 0. The van der Waals surface area contributed by atoms with E-state index in [1.54, 1.807) is 0 Å². The van der Waals surface area contributed by atoms with Crippen molar-refractivity contribution in [1.82, 2.24) is 0 Å². The summed E-state index contributed by atoms with van der Waals surface area (Å²) in [7, 11) is 1.00. The van der Waals surface area contributed by atoms with E-state index in [1.165, 1.54) is 0 Å². The summed E-state index contributed by atoms with van der Waals surface area (Å²) in [5.41, 5.74) is 0. The molecule has 0 bridgehead atoms. The summed E-state index contributed by atoms with van der Waals surface area (Å²) in [6, 6.07) is 0. The van der Waals surface area contributed by atoms with Gasteiger partial charge < -0.3 is 16.7 Å². The summed E-state index contributed by atoms with van der Waals surface area (Å²) in [5.74, 6) is 0. The number of carbonyl (C=O) groups is 1. The van der Waals surface area contributed by atoms with E-state index in [9.17, 15) is 0 Å². The second-order valence-corrected chi connectivity index (χ2v) is 0.283. The fourth-order valence-electron chi connectivity index (χ4n) is 0. The molecular weight excluding hydrogens is 127 g/mol. The zero-order valence-corrected chi connectivity index (χ0v) is 7.37. The van der Waals surface area contributed by atoms with Gasteiger partial charge in [0.15, 0.2) is 0 Å². The molecular formula is C2H7KO4. The van der Waals surface area contributed by atoms with Crippen molar-refractivity contribution < 1.29 is 72.9 Å². The van der Waals surface area contributed by atoms with Crippen molar-refractivity contribution in [2.75, 3.05) is 7.11 Å². The van der Waals surface area contributed by atoms with Crippen LogP contribution < -0.4 is 51.4 Å². The summed E-state index contributed by atoms with van der Waals surface area (Å²) in [6.45, 7) is 0. The third-order valence-electron chi connectivity index (χ3n) is 0. The summed E-state index contributed by atoms with van der Waals surface area (Å²) in [6.07, 6.45) is -1.83. The van der Waals surface area contributed by atoms with Gasteiger partial charge in [-0.3, -0.25) is 0 Å². The molecule has 0 aromatic rings. The molecule has 0 unspecified atom stereocenters. The molecule has 0 aromatic heterocycles. The Labute approximate surface area is 85.1 Å². The quantitative estimate of drug-likeness (QED) is 0.307. The van der Waals surface area contributed by atoms with E-state index in [0.717, 1.165) is 7.11 Å². The van der Waals surface area contributed by atoms with Crippen LogP contribution >= 0.6 is 0 Å².